The summed E-state index contributed by atoms with van der Waals surface area (Å²) < 4.78 is 0. The minimum absolute atomic E-state index is 0.172. The van der Waals surface area contributed by atoms with E-state index in [0.717, 1.165) is 0 Å². The zero-order valence-corrected chi connectivity index (χ0v) is 7.79. The summed E-state index contributed by atoms with van der Waals surface area (Å²) in [4.78, 5) is 12.7. The van der Waals surface area contributed by atoms with Crippen LogP contribution >= 0.6 is 0 Å². The van der Waals surface area contributed by atoms with Gasteiger partial charge in [-0.2, -0.15) is 0 Å². The molecule has 0 radical (unpaired) electrons. The molecular weight excluding hydrogens is 156 g/mol. The van der Waals surface area contributed by atoms with Crippen molar-refractivity contribution in [3.05, 3.63) is 0 Å². The Morgan fingerprint density at radius 1 is 1.67 bits per heavy atom. The molecule has 0 saturated carbocycles. The predicted octanol–water partition coefficient (Wildman–Crippen LogP) is 0.519. The number of hydrogen-bond donors (Lipinski definition) is 2. The zero-order valence-electron chi connectivity index (χ0n) is 7.79. The van der Waals surface area contributed by atoms with E-state index in [1.807, 2.05) is 20.8 Å². The molecule has 2 N–H and O–H groups in total. The topological polar surface area (TPSA) is 52.6 Å². The van der Waals surface area contributed by atoms with Crippen LogP contribution in [-0.2, 0) is 0 Å². The normalized spacial score (nSPS) is 35.5. The fourth-order valence-corrected chi connectivity index (χ4v) is 1.70. The van der Waals surface area contributed by atoms with E-state index in [1.54, 1.807) is 0 Å². The van der Waals surface area contributed by atoms with Gasteiger partial charge in [0.1, 0.15) is 0 Å². The number of amides is 2. The van der Waals surface area contributed by atoms with E-state index in [2.05, 4.69) is 5.32 Å². The second-order valence-corrected chi connectivity index (χ2v) is 3.15. The Bertz CT molecular complexity index is 195. The molecule has 2 amide bonds. The van der Waals surface area contributed by atoms with Crippen LogP contribution in [-0.4, -0.2) is 34.3 Å². The first-order valence-corrected chi connectivity index (χ1v) is 4.36. The number of urea groups is 1. The Kier molecular flexibility index (Phi) is 2.28. The molecule has 1 aliphatic heterocycles. The van der Waals surface area contributed by atoms with Crippen LogP contribution in [0.4, 0.5) is 4.79 Å². The first-order valence-electron chi connectivity index (χ1n) is 4.36. The summed E-state index contributed by atoms with van der Waals surface area (Å²) in [5.41, 5.74) is -0.994. The third-order valence-corrected chi connectivity index (χ3v) is 2.58. The quantitative estimate of drug-likeness (QED) is 0.638. The molecule has 1 fully saturated rings. The molecule has 12 heavy (non-hydrogen) atoms. The Morgan fingerprint density at radius 3 is 2.58 bits per heavy atom. The largest absolute Gasteiger partial charge is 0.369 e. The lowest BCUT2D eigenvalue weighted by Gasteiger charge is -2.32. The molecule has 0 spiro atoms. The lowest BCUT2D eigenvalue weighted by molar-refractivity contribution is -0.0747. The maximum atomic E-state index is 11.2. The standard InChI is InChI=1S/C8H16N2O2/c1-4-8(12)6(3)9-7(11)10(8)5-2/h6,12H,4-5H2,1-3H3,(H,9,11)/t6-,8-/m0/s1. The average Bonchev–Trinajstić information content (AvgIpc) is 2.24. The highest BCUT2D eigenvalue weighted by Crippen LogP contribution is 2.26. The fourth-order valence-electron chi connectivity index (χ4n) is 1.70. The second-order valence-electron chi connectivity index (χ2n) is 3.15. The van der Waals surface area contributed by atoms with Crippen molar-refractivity contribution in [2.75, 3.05) is 6.54 Å². The first-order chi connectivity index (χ1) is 5.56. The smallest absolute Gasteiger partial charge is 0.320 e. The molecule has 0 unspecified atom stereocenters. The van der Waals surface area contributed by atoms with Gasteiger partial charge in [-0.05, 0) is 20.3 Å². The highest BCUT2D eigenvalue weighted by Gasteiger charge is 2.47. The van der Waals surface area contributed by atoms with Crippen LogP contribution < -0.4 is 5.32 Å². The van der Waals surface area contributed by atoms with E-state index in [0.29, 0.717) is 13.0 Å². The number of rotatable bonds is 2. The van der Waals surface area contributed by atoms with Gasteiger partial charge in [0.2, 0.25) is 0 Å². The predicted molar refractivity (Wildman–Crippen MR) is 45.6 cm³/mol. The molecule has 1 saturated heterocycles. The fraction of sp³-hybridized carbons (Fsp3) is 0.875. The van der Waals surface area contributed by atoms with Crippen LogP contribution in [0, 0.1) is 0 Å². The summed E-state index contributed by atoms with van der Waals surface area (Å²) in [5.74, 6) is 0. The number of hydrogen-bond acceptors (Lipinski definition) is 2. The first kappa shape index (κ1) is 9.32. The molecular formula is C8H16N2O2. The maximum absolute atomic E-state index is 11.2. The van der Waals surface area contributed by atoms with Crippen LogP contribution in [0.2, 0.25) is 0 Å². The van der Waals surface area contributed by atoms with Crippen LogP contribution in [0.15, 0.2) is 0 Å². The summed E-state index contributed by atoms with van der Waals surface area (Å²) in [7, 11) is 0. The number of nitrogens with zero attached hydrogens (tertiary/aromatic N) is 1. The number of likely N-dealkylation sites (N-methyl/N-ethyl adjacent to an activating group) is 1. The van der Waals surface area contributed by atoms with Crippen molar-refractivity contribution in [3.8, 4) is 0 Å². The van der Waals surface area contributed by atoms with Crippen LogP contribution in [0.5, 0.6) is 0 Å². The van der Waals surface area contributed by atoms with Gasteiger partial charge in [-0.1, -0.05) is 6.92 Å². The molecule has 1 heterocycles. The Labute approximate surface area is 72.6 Å². The molecule has 0 aliphatic carbocycles. The lowest BCUT2D eigenvalue weighted by atomic mass is 10.0. The SMILES string of the molecule is CCN1C(=O)N[C@@H](C)[C@@]1(O)CC. The Balaban J connectivity index is 2.89. The van der Waals surface area contributed by atoms with E-state index in [9.17, 15) is 9.90 Å². The van der Waals surface area contributed by atoms with Crippen LogP contribution in [0.3, 0.4) is 0 Å². The van der Waals surface area contributed by atoms with Crippen molar-refractivity contribution < 1.29 is 9.90 Å². The minimum atomic E-state index is -0.994. The van der Waals surface area contributed by atoms with Gasteiger partial charge in [0.15, 0.2) is 5.72 Å². The monoisotopic (exact) mass is 172 g/mol. The summed E-state index contributed by atoms with van der Waals surface area (Å²) in [6, 6.07) is -0.357. The van der Waals surface area contributed by atoms with Gasteiger partial charge in [-0.25, -0.2) is 4.79 Å². The van der Waals surface area contributed by atoms with Gasteiger partial charge in [0.05, 0.1) is 6.04 Å². The van der Waals surface area contributed by atoms with Gasteiger partial charge >= 0.3 is 6.03 Å². The molecule has 0 aromatic rings. The van der Waals surface area contributed by atoms with E-state index < -0.39 is 5.72 Å². The maximum Gasteiger partial charge on any atom is 0.320 e. The third-order valence-electron chi connectivity index (χ3n) is 2.58. The van der Waals surface area contributed by atoms with E-state index in [1.165, 1.54) is 4.90 Å². The van der Waals surface area contributed by atoms with E-state index >= 15 is 0 Å². The number of carbonyl (C=O) groups is 1. The van der Waals surface area contributed by atoms with Crippen LogP contribution in [0.1, 0.15) is 27.2 Å². The summed E-state index contributed by atoms with van der Waals surface area (Å²) in [6.45, 7) is 6.09. The third kappa shape index (κ3) is 1.06. The minimum Gasteiger partial charge on any atom is -0.369 e. The van der Waals surface area contributed by atoms with Gasteiger partial charge in [-0.15, -0.1) is 0 Å². The van der Waals surface area contributed by atoms with Crippen molar-refractivity contribution in [1.82, 2.24) is 10.2 Å². The van der Waals surface area contributed by atoms with Crippen molar-refractivity contribution in [1.29, 1.82) is 0 Å². The van der Waals surface area contributed by atoms with Gasteiger partial charge in [0.25, 0.3) is 0 Å². The van der Waals surface area contributed by atoms with E-state index in [-0.39, 0.29) is 12.1 Å². The summed E-state index contributed by atoms with van der Waals surface area (Å²) in [5, 5.41) is 12.7. The lowest BCUT2D eigenvalue weighted by Crippen LogP contribution is -2.50. The van der Waals surface area contributed by atoms with Crippen LogP contribution in [0.25, 0.3) is 0 Å². The summed E-state index contributed by atoms with van der Waals surface area (Å²) in [6.07, 6.45) is 0.556. The number of carbonyl (C=O) groups excluding carboxylic acids is 1. The van der Waals surface area contributed by atoms with Crippen molar-refractivity contribution in [2.24, 2.45) is 0 Å². The molecule has 0 bridgehead atoms. The highest BCUT2D eigenvalue weighted by molar-refractivity contribution is 5.78. The highest BCUT2D eigenvalue weighted by atomic mass is 16.3. The molecule has 0 aromatic heterocycles. The van der Waals surface area contributed by atoms with Crippen molar-refractivity contribution >= 4 is 6.03 Å². The molecule has 0 aromatic carbocycles. The Morgan fingerprint density at radius 2 is 2.25 bits per heavy atom. The molecule has 4 heteroatoms. The molecule has 1 rings (SSSR count). The van der Waals surface area contributed by atoms with Gasteiger partial charge in [-0.3, -0.25) is 4.90 Å². The van der Waals surface area contributed by atoms with E-state index in [4.69, 9.17) is 0 Å². The molecule has 4 nitrogen and oxygen atoms in total. The Hall–Kier alpha value is -0.770. The molecule has 2 atom stereocenters. The number of aliphatic hydroxyl groups is 1. The van der Waals surface area contributed by atoms with Gasteiger partial charge in [0, 0.05) is 6.54 Å². The molecule has 70 valence electrons. The summed E-state index contributed by atoms with van der Waals surface area (Å²) >= 11 is 0. The second kappa shape index (κ2) is 2.94. The molecule has 1 aliphatic rings. The van der Waals surface area contributed by atoms with Crippen molar-refractivity contribution in [2.45, 2.75) is 39.0 Å². The average molecular weight is 172 g/mol. The van der Waals surface area contributed by atoms with Crippen molar-refractivity contribution in [3.63, 3.8) is 0 Å². The number of nitrogens with one attached hydrogen (secondary N) is 1. The zero-order chi connectivity index (χ0) is 9.35. The van der Waals surface area contributed by atoms with Gasteiger partial charge < -0.3 is 10.4 Å².